The third kappa shape index (κ3) is 5.75. The summed E-state index contributed by atoms with van der Waals surface area (Å²) in [6, 6.07) is 22.3. The summed E-state index contributed by atoms with van der Waals surface area (Å²) in [4.78, 5) is 2.67. The number of rotatable bonds is 7. The summed E-state index contributed by atoms with van der Waals surface area (Å²) < 4.78 is 39.7. The topological polar surface area (TPSA) is 79.3 Å². The van der Waals surface area contributed by atoms with Crippen molar-refractivity contribution in [1.82, 2.24) is 9.21 Å². The Balaban J connectivity index is 0.00000337. The van der Waals surface area contributed by atoms with Gasteiger partial charge in [0.15, 0.2) is 6.10 Å². The van der Waals surface area contributed by atoms with Crippen LogP contribution in [0, 0.1) is 0 Å². The Kier molecular flexibility index (Phi) is 8.47. The van der Waals surface area contributed by atoms with Gasteiger partial charge in [0.1, 0.15) is 23.9 Å². The Hall–Kier alpha value is -3.30. The normalized spacial score (nSPS) is 16.9. The van der Waals surface area contributed by atoms with Crippen molar-refractivity contribution in [2.24, 2.45) is 0 Å². The number of piperidine rings is 1. The molecule has 0 spiro atoms. The van der Waals surface area contributed by atoms with E-state index in [0.717, 1.165) is 58.4 Å². The quantitative estimate of drug-likeness (QED) is 0.273. The molecule has 0 amide bonds. The van der Waals surface area contributed by atoms with Gasteiger partial charge in [0, 0.05) is 31.8 Å². The fourth-order valence-corrected chi connectivity index (χ4v) is 6.62. The lowest BCUT2D eigenvalue weighted by Crippen LogP contribution is -2.33. The van der Waals surface area contributed by atoms with Crippen LogP contribution in [0.3, 0.4) is 0 Å². The first-order valence-electron chi connectivity index (χ1n) is 13.8. The largest absolute Gasteiger partial charge is 0.508 e. The highest BCUT2D eigenvalue weighted by atomic mass is 35.5. The number of ether oxygens (including phenoxy) is 2. The standard InChI is InChI=1S/C32H34N2O5S.ClH/c1-33(2)40(36,37)26-12-15-30-29(21-26)28-13-8-23-20-24(35)9-14-27(23)31(28)32(39-30)22-6-10-25(11-7-22)38-19-18-34-16-4-3-5-17-34;/h6-15,20-21,32,35H,3-5,16-19H2,1-2H3;1H. The lowest BCUT2D eigenvalue weighted by Gasteiger charge is -2.31. The molecule has 0 bridgehead atoms. The van der Waals surface area contributed by atoms with E-state index >= 15 is 0 Å². The smallest absolute Gasteiger partial charge is 0.242 e. The minimum absolute atomic E-state index is 0. The Morgan fingerprint density at radius 2 is 1.68 bits per heavy atom. The molecular weight excluding hydrogens is 560 g/mol. The van der Waals surface area contributed by atoms with Gasteiger partial charge in [-0.15, -0.1) is 12.4 Å². The average Bonchev–Trinajstić information content (AvgIpc) is 2.97. The van der Waals surface area contributed by atoms with Crippen molar-refractivity contribution in [3.8, 4) is 28.4 Å². The Morgan fingerprint density at radius 3 is 2.41 bits per heavy atom. The molecule has 6 rings (SSSR count). The molecule has 1 atom stereocenters. The molecule has 7 nitrogen and oxygen atoms in total. The van der Waals surface area contributed by atoms with E-state index in [9.17, 15) is 13.5 Å². The molecule has 41 heavy (non-hydrogen) atoms. The van der Waals surface area contributed by atoms with Gasteiger partial charge in [-0.05, 0) is 90.3 Å². The lowest BCUT2D eigenvalue weighted by molar-refractivity contribution is 0.183. The lowest BCUT2D eigenvalue weighted by atomic mass is 9.86. The van der Waals surface area contributed by atoms with E-state index in [0.29, 0.717) is 12.4 Å². The Morgan fingerprint density at radius 1 is 0.927 bits per heavy atom. The molecule has 1 unspecified atom stereocenters. The summed E-state index contributed by atoms with van der Waals surface area (Å²) in [5.41, 5.74) is 3.52. The molecule has 0 aliphatic carbocycles. The number of sulfonamides is 1. The monoisotopic (exact) mass is 594 g/mol. The predicted molar refractivity (Wildman–Crippen MR) is 164 cm³/mol. The summed E-state index contributed by atoms with van der Waals surface area (Å²) in [6.07, 6.45) is 3.43. The van der Waals surface area contributed by atoms with Crippen LogP contribution in [0.4, 0.5) is 0 Å². The number of benzene rings is 4. The molecular formula is C32H35ClN2O5S. The fraction of sp³-hybridized carbons (Fsp3) is 0.312. The molecule has 2 aliphatic heterocycles. The van der Waals surface area contributed by atoms with Crippen molar-refractivity contribution in [3.63, 3.8) is 0 Å². The van der Waals surface area contributed by atoms with E-state index in [-0.39, 0.29) is 23.1 Å². The number of halogens is 1. The molecule has 2 heterocycles. The number of fused-ring (bicyclic) bond motifs is 5. The van der Waals surface area contributed by atoms with Gasteiger partial charge in [0.2, 0.25) is 10.0 Å². The minimum Gasteiger partial charge on any atom is -0.508 e. The van der Waals surface area contributed by atoms with Crippen molar-refractivity contribution in [2.45, 2.75) is 30.3 Å². The van der Waals surface area contributed by atoms with Crippen molar-refractivity contribution < 1.29 is 23.0 Å². The highest BCUT2D eigenvalue weighted by Crippen LogP contribution is 2.48. The number of hydrogen-bond acceptors (Lipinski definition) is 6. The van der Waals surface area contributed by atoms with Crippen LogP contribution < -0.4 is 9.47 Å². The summed E-state index contributed by atoms with van der Waals surface area (Å²) >= 11 is 0. The maximum atomic E-state index is 12.9. The number of phenols is 1. The van der Waals surface area contributed by atoms with E-state index in [4.69, 9.17) is 9.47 Å². The SMILES string of the molecule is CN(C)S(=O)(=O)c1ccc2c(c1)-c1ccc3cc(O)ccc3c1C(c1ccc(OCCN3CCCCC3)cc1)O2.Cl. The van der Waals surface area contributed by atoms with Crippen LogP contribution in [0.25, 0.3) is 21.9 Å². The molecule has 0 aromatic heterocycles. The Bertz CT molecular complexity index is 1650. The van der Waals surface area contributed by atoms with Gasteiger partial charge < -0.3 is 14.6 Å². The highest BCUT2D eigenvalue weighted by Gasteiger charge is 2.31. The van der Waals surface area contributed by atoms with Crippen LogP contribution in [0.2, 0.25) is 0 Å². The molecule has 2 aliphatic rings. The van der Waals surface area contributed by atoms with E-state index in [1.807, 2.05) is 42.5 Å². The number of phenolic OH excluding ortho intramolecular Hbond substituents is 1. The zero-order chi connectivity index (χ0) is 27.9. The molecule has 1 N–H and O–H groups in total. The van der Waals surface area contributed by atoms with Crippen LogP contribution in [0.5, 0.6) is 17.2 Å². The van der Waals surface area contributed by atoms with Crippen LogP contribution in [-0.2, 0) is 10.0 Å². The van der Waals surface area contributed by atoms with E-state index in [2.05, 4.69) is 4.90 Å². The first-order chi connectivity index (χ1) is 19.3. The summed E-state index contributed by atoms with van der Waals surface area (Å²) in [5, 5.41) is 11.9. The maximum Gasteiger partial charge on any atom is 0.242 e. The van der Waals surface area contributed by atoms with Crippen LogP contribution in [0.1, 0.15) is 36.5 Å². The van der Waals surface area contributed by atoms with Crippen molar-refractivity contribution in [1.29, 1.82) is 0 Å². The molecule has 216 valence electrons. The van der Waals surface area contributed by atoms with Crippen LogP contribution >= 0.6 is 12.4 Å². The first kappa shape index (κ1) is 29.2. The molecule has 4 aromatic carbocycles. The molecule has 4 aromatic rings. The molecule has 1 saturated heterocycles. The van der Waals surface area contributed by atoms with E-state index < -0.39 is 16.1 Å². The van der Waals surface area contributed by atoms with Crippen LogP contribution in [-0.4, -0.2) is 63.1 Å². The second-order valence-electron chi connectivity index (χ2n) is 10.7. The number of hydrogen-bond donors (Lipinski definition) is 1. The third-order valence-electron chi connectivity index (χ3n) is 7.88. The van der Waals surface area contributed by atoms with E-state index in [1.54, 1.807) is 30.3 Å². The van der Waals surface area contributed by atoms with Gasteiger partial charge in [0.25, 0.3) is 0 Å². The van der Waals surface area contributed by atoms with Gasteiger partial charge in [-0.1, -0.05) is 36.8 Å². The van der Waals surface area contributed by atoms with Crippen molar-refractivity contribution in [2.75, 3.05) is 40.3 Å². The molecule has 9 heteroatoms. The predicted octanol–water partition coefficient (Wildman–Crippen LogP) is 6.23. The zero-order valence-corrected chi connectivity index (χ0v) is 24.9. The first-order valence-corrected chi connectivity index (χ1v) is 15.2. The third-order valence-corrected chi connectivity index (χ3v) is 9.69. The zero-order valence-electron chi connectivity index (χ0n) is 23.2. The van der Waals surface area contributed by atoms with Crippen molar-refractivity contribution in [3.05, 3.63) is 83.9 Å². The fourth-order valence-electron chi connectivity index (χ4n) is 5.69. The van der Waals surface area contributed by atoms with Gasteiger partial charge in [-0.2, -0.15) is 0 Å². The van der Waals surface area contributed by atoms with Gasteiger partial charge in [-0.25, -0.2) is 12.7 Å². The summed E-state index contributed by atoms with van der Waals surface area (Å²) in [7, 11) is -0.571. The van der Waals surface area contributed by atoms with E-state index in [1.165, 1.54) is 37.7 Å². The van der Waals surface area contributed by atoms with Gasteiger partial charge in [0.05, 0.1) is 4.90 Å². The second-order valence-corrected chi connectivity index (χ2v) is 12.8. The minimum atomic E-state index is -3.62. The molecule has 0 saturated carbocycles. The average molecular weight is 595 g/mol. The van der Waals surface area contributed by atoms with Gasteiger partial charge >= 0.3 is 0 Å². The second kappa shape index (κ2) is 11.9. The van der Waals surface area contributed by atoms with Gasteiger partial charge in [-0.3, -0.25) is 4.90 Å². The van der Waals surface area contributed by atoms with Crippen LogP contribution in [0.15, 0.2) is 77.7 Å². The maximum absolute atomic E-state index is 12.9. The summed E-state index contributed by atoms with van der Waals surface area (Å²) in [5.74, 6) is 1.63. The number of aromatic hydroxyl groups is 1. The summed E-state index contributed by atoms with van der Waals surface area (Å²) in [6.45, 7) is 3.89. The van der Waals surface area contributed by atoms with Crippen molar-refractivity contribution >= 4 is 33.2 Å². The molecule has 1 fully saturated rings. The molecule has 0 radical (unpaired) electrons. The number of nitrogens with zero attached hydrogens (tertiary/aromatic N) is 2. The Labute approximate surface area is 247 Å². The number of likely N-dealkylation sites (tertiary alicyclic amines) is 1. The highest BCUT2D eigenvalue weighted by molar-refractivity contribution is 7.89.